The Kier molecular flexibility index (Phi) is 3.96. The summed E-state index contributed by atoms with van der Waals surface area (Å²) in [6.45, 7) is 1.70. The Balaban J connectivity index is 1.92. The molecule has 2 aromatic heterocycles. The highest BCUT2D eigenvalue weighted by atomic mass is 32.2. The van der Waals surface area contributed by atoms with Gasteiger partial charge in [-0.3, -0.25) is 14.5 Å². The first-order valence-electron chi connectivity index (χ1n) is 7.97. The molecule has 0 aliphatic rings. The predicted octanol–water partition coefficient (Wildman–Crippen LogP) is 2.71. The number of carbonyl (C=O) groups excluding carboxylic acids is 2. The molecule has 2 heterocycles. The van der Waals surface area contributed by atoms with Crippen LogP contribution in [0.15, 0.2) is 53.7 Å². The van der Waals surface area contributed by atoms with Crippen molar-refractivity contribution >= 4 is 51.3 Å². The van der Waals surface area contributed by atoms with Crippen LogP contribution in [0, 0.1) is 0 Å². The highest BCUT2D eigenvalue weighted by Crippen LogP contribution is 2.30. The van der Waals surface area contributed by atoms with Gasteiger partial charge >= 0.3 is 6.03 Å². The van der Waals surface area contributed by atoms with Crippen molar-refractivity contribution in [3.63, 3.8) is 0 Å². The maximum Gasteiger partial charge on any atom is 0.318 e. The van der Waals surface area contributed by atoms with E-state index < -0.39 is 17.2 Å². The predicted molar refractivity (Wildman–Crippen MR) is 101 cm³/mol. The Morgan fingerprint density at radius 2 is 1.77 bits per heavy atom. The molecule has 0 aliphatic heterocycles. The van der Waals surface area contributed by atoms with E-state index in [-0.39, 0.29) is 0 Å². The number of amides is 3. The van der Waals surface area contributed by atoms with Gasteiger partial charge in [0.15, 0.2) is 5.16 Å². The van der Waals surface area contributed by atoms with E-state index in [1.54, 1.807) is 6.92 Å². The average molecular weight is 365 g/mol. The van der Waals surface area contributed by atoms with E-state index in [0.29, 0.717) is 5.16 Å². The first kappa shape index (κ1) is 16.3. The zero-order chi connectivity index (χ0) is 18.3. The minimum absolute atomic E-state index is 0.463. The molecule has 3 amide bonds. The van der Waals surface area contributed by atoms with Crippen molar-refractivity contribution in [3.05, 3.63) is 48.5 Å². The lowest BCUT2D eigenvalue weighted by Crippen LogP contribution is -2.39. The van der Waals surface area contributed by atoms with Gasteiger partial charge in [0.1, 0.15) is 5.65 Å². The third kappa shape index (κ3) is 2.74. The van der Waals surface area contributed by atoms with Gasteiger partial charge in [0.05, 0.1) is 21.8 Å². The molecule has 0 saturated carbocycles. The van der Waals surface area contributed by atoms with Gasteiger partial charge in [0, 0.05) is 5.39 Å². The summed E-state index contributed by atoms with van der Waals surface area (Å²) in [6.07, 6.45) is 0. The van der Waals surface area contributed by atoms with Crippen LogP contribution in [0.5, 0.6) is 0 Å². The van der Waals surface area contributed by atoms with Crippen molar-refractivity contribution in [3.8, 4) is 0 Å². The number of hydrogen-bond donors (Lipinski definition) is 2. The molecule has 0 fully saturated rings. The summed E-state index contributed by atoms with van der Waals surface area (Å²) >= 11 is 1.25. The summed E-state index contributed by atoms with van der Waals surface area (Å²) in [7, 11) is 0. The zero-order valence-electron chi connectivity index (χ0n) is 13.8. The molecule has 1 atom stereocenters. The molecule has 0 unspecified atom stereocenters. The molecular formula is C18H15N5O2S. The van der Waals surface area contributed by atoms with Gasteiger partial charge in [-0.15, -0.1) is 0 Å². The van der Waals surface area contributed by atoms with Crippen molar-refractivity contribution in [2.24, 2.45) is 5.73 Å². The fourth-order valence-electron chi connectivity index (χ4n) is 2.83. The molecule has 4 aromatic rings. The number of imide groups is 1. The molecule has 130 valence electrons. The average Bonchev–Trinajstić information content (AvgIpc) is 3.01. The first-order chi connectivity index (χ1) is 12.5. The number of nitrogens with zero attached hydrogens (tertiary/aromatic N) is 3. The maximum atomic E-state index is 12.1. The number of para-hydroxylation sites is 3. The number of aromatic nitrogens is 3. The normalized spacial score (nSPS) is 12.5. The van der Waals surface area contributed by atoms with E-state index in [0.717, 1.165) is 27.6 Å². The molecule has 8 heteroatoms. The smallest absolute Gasteiger partial charge is 0.318 e. The Labute approximate surface area is 152 Å². The van der Waals surface area contributed by atoms with Gasteiger partial charge in [-0.1, -0.05) is 36.0 Å². The number of nitrogens with two attached hydrogens (primary N) is 1. The van der Waals surface area contributed by atoms with E-state index in [2.05, 4.69) is 5.32 Å². The minimum atomic E-state index is -0.868. The number of rotatable bonds is 3. The molecule has 7 nitrogen and oxygen atoms in total. The number of urea groups is 1. The molecule has 0 saturated heterocycles. The number of imidazole rings is 1. The third-order valence-corrected chi connectivity index (χ3v) is 5.06. The molecule has 0 bridgehead atoms. The van der Waals surface area contributed by atoms with E-state index in [9.17, 15) is 9.59 Å². The van der Waals surface area contributed by atoms with Crippen molar-refractivity contribution in [2.75, 3.05) is 0 Å². The van der Waals surface area contributed by atoms with Gasteiger partial charge in [-0.2, -0.15) is 0 Å². The fraction of sp³-hybridized carbons (Fsp3) is 0.111. The van der Waals surface area contributed by atoms with Crippen LogP contribution >= 0.6 is 11.8 Å². The highest BCUT2D eigenvalue weighted by molar-refractivity contribution is 8.00. The van der Waals surface area contributed by atoms with E-state index in [1.165, 1.54) is 11.8 Å². The minimum Gasteiger partial charge on any atom is -0.351 e. The molecular weight excluding hydrogens is 350 g/mol. The second-order valence-corrected chi connectivity index (χ2v) is 7.09. The summed E-state index contributed by atoms with van der Waals surface area (Å²) in [5, 5.41) is 3.11. The standard InChI is InChI=1S/C18H15N5O2S/c1-10(16(24)22-17(19)25)26-18-21-12-7-3-2-6-11(12)15-20-13-8-4-5-9-14(13)23(15)18/h2-10H,1H3,(H3,19,22,24,25)/t10-/m0/s1. The van der Waals surface area contributed by atoms with Crippen LogP contribution in [0.2, 0.25) is 0 Å². The summed E-state index contributed by atoms with van der Waals surface area (Å²) in [4.78, 5) is 32.5. The quantitative estimate of drug-likeness (QED) is 0.429. The largest absolute Gasteiger partial charge is 0.351 e. The van der Waals surface area contributed by atoms with E-state index in [4.69, 9.17) is 15.7 Å². The Morgan fingerprint density at radius 1 is 1.08 bits per heavy atom. The van der Waals surface area contributed by atoms with Gasteiger partial charge in [0.25, 0.3) is 0 Å². The van der Waals surface area contributed by atoms with Crippen LogP contribution in [0.4, 0.5) is 4.79 Å². The number of primary amides is 1. The summed E-state index contributed by atoms with van der Waals surface area (Å²) in [6, 6.07) is 14.6. The lowest BCUT2D eigenvalue weighted by atomic mass is 10.2. The number of hydrogen-bond acceptors (Lipinski definition) is 5. The van der Waals surface area contributed by atoms with Crippen LogP contribution in [-0.4, -0.2) is 31.6 Å². The maximum absolute atomic E-state index is 12.1. The van der Waals surface area contributed by atoms with Crippen molar-refractivity contribution in [1.29, 1.82) is 0 Å². The van der Waals surface area contributed by atoms with Crippen LogP contribution < -0.4 is 11.1 Å². The molecule has 0 aliphatic carbocycles. The van der Waals surface area contributed by atoms with Crippen molar-refractivity contribution in [1.82, 2.24) is 19.7 Å². The summed E-state index contributed by atoms with van der Waals surface area (Å²) in [5.74, 6) is -0.463. The first-order valence-corrected chi connectivity index (χ1v) is 8.85. The van der Waals surface area contributed by atoms with Crippen LogP contribution in [-0.2, 0) is 4.79 Å². The number of benzene rings is 2. The topological polar surface area (TPSA) is 102 Å². The molecule has 2 aromatic carbocycles. The van der Waals surface area contributed by atoms with Gasteiger partial charge in [-0.05, 0) is 31.2 Å². The Bertz CT molecular complexity index is 1170. The fourth-order valence-corrected chi connectivity index (χ4v) is 3.75. The molecule has 26 heavy (non-hydrogen) atoms. The monoisotopic (exact) mass is 365 g/mol. The van der Waals surface area contributed by atoms with E-state index in [1.807, 2.05) is 52.9 Å². The van der Waals surface area contributed by atoms with Crippen LogP contribution in [0.3, 0.4) is 0 Å². The van der Waals surface area contributed by atoms with Crippen molar-refractivity contribution in [2.45, 2.75) is 17.3 Å². The number of nitrogens with one attached hydrogen (secondary N) is 1. The Hall–Kier alpha value is -3.13. The lowest BCUT2D eigenvalue weighted by molar-refractivity contribution is -0.119. The van der Waals surface area contributed by atoms with Gasteiger partial charge < -0.3 is 5.73 Å². The third-order valence-electron chi connectivity index (χ3n) is 4.01. The lowest BCUT2D eigenvalue weighted by Gasteiger charge is -2.12. The highest BCUT2D eigenvalue weighted by Gasteiger charge is 2.20. The van der Waals surface area contributed by atoms with Crippen molar-refractivity contribution < 1.29 is 9.59 Å². The second kappa shape index (κ2) is 6.30. The second-order valence-electron chi connectivity index (χ2n) is 5.78. The van der Waals surface area contributed by atoms with Gasteiger partial charge in [0.2, 0.25) is 5.91 Å². The number of thioether (sulfide) groups is 1. The zero-order valence-corrected chi connectivity index (χ0v) is 14.7. The SMILES string of the molecule is C[C@H](Sc1nc2ccccc2c2nc3ccccc3n12)C(=O)NC(N)=O. The molecule has 0 spiro atoms. The molecule has 4 rings (SSSR count). The van der Waals surface area contributed by atoms with Gasteiger partial charge in [-0.25, -0.2) is 14.8 Å². The summed E-state index contributed by atoms with van der Waals surface area (Å²) in [5.41, 5.74) is 8.36. The summed E-state index contributed by atoms with van der Waals surface area (Å²) < 4.78 is 1.94. The van der Waals surface area contributed by atoms with Crippen LogP contribution in [0.25, 0.3) is 27.6 Å². The van der Waals surface area contributed by atoms with Crippen LogP contribution in [0.1, 0.15) is 6.92 Å². The number of carbonyl (C=O) groups is 2. The molecule has 0 radical (unpaired) electrons. The molecule has 3 N–H and O–H groups in total. The van der Waals surface area contributed by atoms with E-state index >= 15 is 0 Å². The Morgan fingerprint density at radius 3 is 2.54 bits per heavy atom. The number of fused-ring (bicyclic) bond motifs is 5.